The average molecular weight is 570 g/mol. The van der Waals surface area contributed by atoms with Gasteiger partial charge in [-0.2, -0.15) is 13.8 Å². The number of rotatable bonds is 9. The zero-order valence-corrected chi connectivity index (χ0v) is 22.0. The normalized spacial score (nSPS) is 14.7. The summed E-state index contributed by atoms with van der Waals surface area (Å²) in [5, 5.41) is 27.9. The number of pyridine rings is 1. The number of phenols is 1. The molecular weight excluding hydrogens is 540 g/mol. The van der Waals surface area contributed by atoms with Gasteiger partial charge in [0.05, 0.1) is 12.5 Å². The first-order chi connectivity index (χ1) is 19.6. The van der Waals surface area contributed by atoms with Crippen LogP contribution in [-0.4, -0.2) is 47.6 Å². The van der Waals surface area contributed by atoms with Gasteiger partial charge >= 0.3 is 5.97 Å². The quantitative estimate of drug-likeness (QED) is 0.125. The fourth-order valence-corrected chi connectivity index (χ4v) is 4.31. The van der Waals surface area contributed by atoms with Gasteiger partial charge in [0.2, 0.25) is 11.6 Å². The van der Waals surface area contributed by atoms with Gasteiger partial charge in [0, 0.05) is 30.4 Å². The Hall–Kier alpha value is -5.14. The predicted molar refractivity (Wildman–Crippen MR) is 147 cm³/mol. The van der Waals surface area contributed by atoms with Crippen LogP contribution in [0.3, 0.4) is 0 Å². The number of amidine groups is 1. The zero-order valence-electron chi connectivity index (χ0n) is 22.0. The molecule has 4 rings (SSSR count). The number of benzene rings is 2. The fourth-order valence-electron chi connectivity index (χ4n) is 4.31. The second-order valence-corrected chi connectivity index (χ2v) is 9.10. The van der Waals surface area contributed by atoms with Gasteiger partial charge in [0.15, 0.2) is 17.5 Å². The van der Waals surface area contributed by atoms with E-state index in [-0.39, 0.29) is 48.6 Å². The molecule has 2 heterocycles. The van der Waals surface area contributed by atoms with E-state index in [1.54, 1.807) is 19.1 Å². The van der Waals surface area contributed by atoms with E-state index in [1.807, 2.05) is 0 Å². The number of piperidine rings is 1. The maximum absolute atomic E-state index is 16.0. The molecule has 1 aromatic heterocycles. The number of halogens is 2. The minimum Gasteiger partial charge on any atom is -0.504 e. The van der Waals surface area contributed by atoms with Crippen LogP contribution in [0.4, 0.5) is 20.2 Å². The molecule has 0 amide bonds. The summed E-state index contributed by atoms with van der Waals surface area (Å²) < 4.78 is 48.3. The SMILES string of the molecule is CCOC(=O)C1CCCN(c2c(F)c(Oc3cccc(NC(=N)N)c3)nc(Oc3cc(C(=N)N)ccc3O)c2F)C1. The summed E-state index contributed by atoms with van der Waals surface area (Å²) in [6.07, 6.45) is 0.940. The third-order valence-corrected chi connectivity index (χ3v) is 6.16. The largest absolute Gasteiger partial charge is 0.504 e. The van der Waals surface area contributed by atoms with Crippen LogP contribution in [0.2, 0.25) is 0 Å². The lowest BCUT2D eigenvalue weighted by Crippen LogP contribution is -2.40. The molecule has 8 N–H and O–H groups in total. The molecule has 216 valence electrons. The maximum atomic E-state index is 16.0. The van der Waals surface area contributed by atoms with Gasteiger partial charge in [0.1, 0.15) is 17.3 Å². The van der Waals surface area contributed by atoms with Crippen LogP contribution in [0.25, 0.3) is 0 Å². The topological polar surface area (TPSA) is 193 Å². The highest BCUT2D eigenvalue weighted by atomic mass is 19.1. The molecule has 2 aromatic carbocycles. The molecular formula is C27H29F2N7O5. The van der Waals surface area contributed by atoms with Crippen molar-refractivity contribution in [3.05, 3.63) is 59.7 Å². The van der Waals surface area contributed by atoms with Crippen molar-refractivity contribution in [3.63, 3.8) is 0 Å². The van der Waals surface area contributed by atoms with Crippen LogP contribution in [0, 0.1) is 28.4 Å². The highest BCUT2D eigenvalue weighted by molar-refractivity contribution is 5.95. The molecule has 1 aliphatic rings. The van der Waals surface area contributed by atoms with E-state index < -0.39 is 46.7 Å². The number of hydrogen-bond acceptors (Lipinski definition) is 9. The molecule has 0 radical (unpaired) electrons. The molecule has 1 aliphatic heterocycles. The standard InChI is InChI=1S/C27H29F2N7O5/c1-2-39-26(38)15-5-4-10-36(13-15)22-20(28)24(40-17-7-3-6-16(12-17)34-27(32)33)35-25(21(22)29)41-19-11-14(23(30)31)8-9-18(19)37/h3,6-9,11-12,15,37H,2,4-5,10,13H2,1H3,(H3,30,31)(H4,32,33,34). The molecule has 1 atom stereocenters. The van der Waals surface area contributed by atoms with Crippen molar-refractivity contribution >= 4 is 29.1 Å². The molecule has 0 spiro atoms. The number of aromatic nitrogens is 1. The number of nitrogens with one attached hydrogen (secondary N) is 3. The number of nitrogen functional groups attached to an aromatic ring is 1. The molecule has 3 aromatic rings. The summed E-state index contributed by atoms with van der Waals surface area (Å²) >= 11 is 0. The van der Waals surface area contributed by atoms with E-state index in [1.165, 1.54) is 35.2 Å². The van der Waals surface area contributed by atoms with E-state index in [9.17, 15) is 9.90 Å². The fraction of sp³-hybridized carbons (Fsp3) is 0.259. The predicted octanol–water partition coefficient (Wildman–Crippen LogP) is 4.02. The van der Waals surface area contributed by atoms with Crippen molar-refractivity contribution < 1.29 is 32.9 Å². The van der Waals surface area contributed by atoms with Gasteiger partial charge in [-0.25, -0.2) is 0 Å². The molecule has 12 nitrogen and oxygen atoms in total. The molecule has 0 bridgehead atoms. The first-order valence-corrected chi connectivity index (χ1v) is 12.6. The first kappa shape index (κ1) is 28.9. The van der Waals surface area contributed by atoms with Crippen LogP contribution < -0.4 is 31.2 Å². The number of nitrogens with two attached hydrogens (primary N) is 2. The second kappa shape index (κ2) is 12.4. The summed E-state index contributed by atoms with van der Waals surface area (Å²) in [4.78, 5) is 17.7. The lowest BCUT2D eigenvalue weighted by Gasteiger charge is -2.33. The Kier molecular flexibility index (Phi) is 8.70. The number of guanidine groups is 1. The zero-order chi connectivity index (χ0) is 29.7. The molecule has 0 aliphatic carbocycles. The molecule has 14 heteroatoms. The summed E-state index contributed by atoms with van der Waals surface area (Å²) in [7, 11) is 0. The number of hydrogen-bond donors (Lipinski definition) is 6. The number of ether oxygens (including phenoxy) is 3. The highest BCUT2D eigenvalue weighted by Gasteiger charge is 2.33. The monoisotopic (exact) mass is 569 g/mol. The van der Waals surface area contributed by atoms with Crippen LogP contribution in [0.5, 0.6) is 29.0 Å². The van der Waals surface area contributed by atoms with Gasteiger partial charge in [-0.3, -0.25) is 15.6 Å². The summed E-state index contributed by atoms with van der Waals surface area (Å²) in [5.74, 6) is -6.10. The Morgan fingerprint density at radius 3 is 2.56 bits per heavy atom. The number of carbonyl (C=O) groups excluding carboxylic acids is 1. The number of nitrogens with zero attached hydrogens (tertiary/aromatic N) is 2. The van der Waals surface area contributed by atoms with E-state index in [4.69, 9.17) is 36.5 Å². The number of carbonyl (C=O) groups is 1. The number of esters is 1. The van der Waals surface area contributed by atoms with Crippen molar-refractivity contribution in [2.24, 2.45) is 17.4 Å². The Labute approximate surface area is 233 Å². The maximum Gasteiger partial charge on any atom is 0.310 e. The molecule has 1 unspecified atom stereocenters. The van der Waals surface area contributed by atoms with Crippen LogP contribution in [-0.2, 0) is 9.53 Å². The third-order valence-electron chi connectivity index (χ3n) is 6.16. The van der Waals surface area contributed by atoms with Gasteiger partial charge in [-0.05, 0) is 50.1 Å². The number of aromatic hydroxyl groups is 1. The minimum atomic E-state index is -1.20. The van der Waals surface area contributed by atoms with Crippen molar-refractivity contribution in [3.8, 4) is 29.0 Å². The van der Waals surface area contributed by atoms with E-state index in [0.29, 0.717) is 18.5 Å². The number of phenolic OH excluding ortho intramolecular Hbond substituents is 1. The van der Waals surface area contributed by atoms with Gasteiger partial charge in [0.25, 0.3) is 11.8 Å². The lowest BCUT2D eigenvalue weighted by molar-refractivity contribution is -0.148. The second-order valence-electron chi connectivity index (χ2n) is 9.10. The Morgan fingerprint density at radius 1 is 1.15 bits per heavy atom. The van der Waals surface area contributed by atoms with Gasteiger partial charge in [-0.1, -0.05) is 6.07 Å². The Morgan fingerprint density at radius 2 is 1.88 bits per heavy atom. The van der Waals surface area contributed by atoms with Crippen molar-refractivity contribution in [1.82, 2.24) is 4.98 Å². The molecule has 41 heavy (non-hydrogen) atoms. The molecule has 1 fully saturated rings. The number of anilines is 2. The summed E-state index contributed by atoms with van der Waals surface area (Å²) in [6.45, 7) is 2.03. The van der Waals surface area contributed by atoms with Crippen molar-refractivity contribution in [2.75, 3.05) is 29.9 Å². The first-order valence-electron chi connectivity index (χ1n) is 12.6. The summed E-state index contributed by atoms with van der Waals surface area (Å²) in [5.41, 5.74) is 10.9. The van der Waals surface area contributed by atoms with E-state index in [0.717, 1.165) is 0 Å². The van der Waals surface area contributed by atoms with Crippen molar-refractivity contribution in [1.29, 1.82) is 10.8 Å². The van der Waals surface area contributed by atoms with Gasteiger partial charge in [-0.15, -0.1) is 0 Å². The Balaban J connectivity index is 1.79. The van der Waals surface area contributed by atoms with Crippen LogP contribution >= 0.6 is 0 Å². The van der Waals surface area contributed by atoms with Gasteiger partial charge < -0.3 is 41.0 Å². The third kappa shape index (κ3) is 6.72. The average Bonchev–Trinajstić information content (AvgIpc) is 2.92. The summed E-state index contributed by atoms with van der Waals surface area (Å²) in [6, 6.07) is 9.83. The smallest absolute Gasteiger partial charge is 0.310 e. The van der Waals surface area contributed by atoms with Crippen LogP contribution in [0.15, 0.2) is 42.5 Å². The van der Waals surface area contributed by atoms with Crippen molar-refractivity contribution in [2.45, 2.75) is 19.8 Å². The highest BCUT2D eigenvalue weighted by Crippen LogP contribution is 2.41. The van der Waals surface area contributed by atoms with E-state index in [2.05, 4.69) is 10.3 Å². The molecule has 0 saturated carbocycles. The minimum absolute atomic E-state index is 0.0291. The molecule has 1 saturated heterocycles. The van der Waals surface area contributed by atoms with Crippen LogP contribution in [0.1, 0.15) is 25.3 Å². The Bertz CT molecular complexity index is 1490. The lowest BCUT2D eigenvalue weighted by atomic mass is 9.97. The van der Waals surface area contributed by atoms with E-state index >= 15 is 8.78 Å².